The van der Waals surface area contributed by atoms with E-state index >= 15 is 0 Å². The fraction of sp³-hybridized carbons (Fsp3) is 0.280. The third kappa shape index (κ3) is 4.95. The van der Waals surface area contributed by atoms with E-state index in [4.69, 9.17) is 0 Å². The van der Waals surface area contributed by atoms with E-state index in [2.05, 4.69) is 15.3 Å². The molecular formula is C25H27N5O3. The van der Waals surface area contributed by atoms with E-state index in [9.17, 15) is 14.4 Å². The van der Waals surface area contributed by atoms with E-state index in [1.165, 1.54) is 11.5 Å². The number of hydrogen-bond acceptors (Lipinski definition) is 4. The molecule has 0 fully saturated rings. The van der Waals surface area contributed by atoms with Crippen LogP contribution in [0.3, 0.4) is 0 Å². The number of H-pyrrole nitrogens is 1. The minimum absolute atomic E-state index is 0.125. The highest BCUT2D eigenvalue weighted by molar-refractivity contribution is 5.88. The number of nitrogens with zero attached hydrogens (tertiary/aromatic N) is 3. The van der Waals surface area contributed by atoms with Gasteiger partial charge in [-0.15, -0.1) is 0 Å². The standard InChI is InChI=1S/C25H27N5O3/c1-3-14-30-24(32)22-23(28-21(27-22)16-19-7-5-4-6-8-19)29(25(30)33)15-13-18-9-11-20(12-10-18)26-17(2)31/h4-12H,3,13-16H2,1-2H3,(H,26,31)(H,27,28). The Balaban J connectivity index is 1.68. The first kappa shape index (κ1) is 22.3. The summed E-state index contributed by atoms with van der Waals surface area (Å²) in [4.78, 5) is 45.2. The molecule has 0 aliphatic heterocycles. The van der Waals surface area contributed by atoms with Crippen LogP contribution >= 0.6 is 0 Å². The Labute approximate surface area is 190 Å². The van der Waals surface area contributed by atoms with Gasteiger partial charge in [0.2, 0.25) is 5.91 Å². The number of aryl methyl sites for hydroxylation is 2. The van der Waals surface area contributed by atoms with E-state index in [0.29, 0.717) is 49.3 Å². The van der Waals surface area contributed by atoms with Crippen molar-refractivity contribution in [3.05, 3.63) is 92.4 Å². The lowest BCUT2D eigenvalue weighted by Crippen LogP contribution is -2.40. The molecule has 0 radical (unpaired) electrons. The van der Waals surface area contributed by atoms with Crippen LogP contribution < -0.4 is 16.6 Å². The highest BCUT2D eigenvalue weighted by Crippen LogP contribution is 2.13. The van der Waals surface area contributed by atoms with Gasteiger partial charge in [0, 0.05) is 32.1 Å². The molecule has 2 heterocycles. The predicted molar refractivity (Wildman–Crippen MR) is 129 cm³/mol. The molecule has 4 rings (SSSR count). The largest absolute Gasteiger partial charge is 0.336 e. The third-order valence-corrected chi connectivity index (χ3v) is 5.47. The number of carbonyl (C=O) groups is 1. The van der Waals surface area contributed by atoms with E-state index in [1.54, 1.807) is 4.57 Å². The van der Waals surface area contributed by atoms with Crippen LogP contribution in [-0.2, 0) is 30.7 Å². The number of aromatic nitrogens is 4. The minimum atomic E-state index is -0.345. The van der Waals surface area contributed by atoms with Crippen molar-refractivity contribution in [2.75, 3.05) is 5.32 Å². The van der Waals surface area contributed by atoms with Crippen LogP contribution in [-0.4, -0.2) is 25.0 Å². The van der Waals surface area contributed by atoms with Crippen LogP contribution in [0.25, 0.3) is 11.2 Å². The Kier molecular flexibility index (Phi) is 6.53. The van der Waals surface area contributed by atoms with E-state index in [0.717, 1.165) is 16.8 Å². The molecule has 0 saturated heterocycles. The van der Waals surface area contributed by atoms with Crippen LogP contribution in [0.15, 0.2) is 64.2 Å². The number of amides is 1. The number of aromatic amines is 1. The monoisotopic (exact) mass is 445 g/mol. The third-order valence-electron chi connectivity index (χ3n) is 5.47. The second-order valence-corrected chi connectivity index (χ2v) is 8.06. The summed E-state index contributed by atoms with van der Waals surface area (Å²) >= 11 is 0. The number of hydrogen-bond donors (Lipinski definition) is 2. The van der Waals surface area contributed by atoms with E-state index in [1.807, 2.05) is 61.5 Å². The van der Waals surface area contributed by atoms with Gasteiger partial charge in [-0.25, -0.2) is 9.78 Å². The van der Waals surface area contributed by atoms with Gasteiger partial charge in [0.15, 0.2) is 5.65 Å². The SMILES string of the molecule is CCCn1c(=O)c2[nH]c(Cc3ccccc3)nc2n(CCc2ccc(NC(C)=O)cc2)c1=O. The molecule has 8 nitrogen and oxygen atoms in total. The Morgan fingerprint density at radius 2 is 1.70 bits per heavy atom. The first-order chi connectivity index (χ1) is 16.0. The zero-order valence-electron chi connectivity index (χ0n) is 18.8. The van der Waals surface area contributed by atoms with E-state index < -0.39 is 0 Å². The maximum atomic E-state index is 13.2. The van der Waals surface area contributed by atoms with Crippen molar-refractivity contribution in [3.63, 3.8) is 0 Å². The topological polar surface area (TPSA) is 102 Å². The van der Waals surface area contributed by atoms with Crippen LogP contribution in [0.5, 0.6) is 0 Å². The smallest absolute Gasteiger partial charge is 0.332 e. The predicted octanol–water partition coefficient (Wildman–Crippen LogP) is 3.09. The van der Waals surface area contributed by atoms with Crippen molar-refractivity contribution in [1.82, 2.24) is 19.1 Å². The Morgan fingerprint density at radius 1 is 0.970 bits per heavy atom. The Morgan fingerprint density at radius 3 is 2.36 bits per heavy atom. The van der Waals surface area contributed by atoms with Gasteiger partial charge in [-0.2, -0.15) is 0 Å². The van der Waals surface area contributed by atoms with Crippen LogP contribution in [0.4, 0.5) is 5.69 Å². The molecular weight excluding hydrogens is 418 g/mol. The van der Waals surface area contributed by atoms with Gasteiger partial charge < -0.3 is 10.3 Å². The average molecular weight is 446 g/mol. The quantitative estimate of drug-likeness (QED) is 0.435. The van der Waals surface area contributed by atoms with Crippen molar-refractivity contribution in [1.29, 1.82) is 0 Å². The number of nitrogens with one attached hydrogen (secondary N) is 2. The van der Waals surface area contributed by atoms with Gasteiger partial charge in [-0.1, -0.05) is 49.4 Å². The molecule has 4 aromatic rings. The molecule has 0 aliphatic carbocycles. The molecule has 2 aromatic heterocycles. The average Bonchev–Trinajstić information content (AvgIpc) is 3.21. The summed E-state index contributed by atoms with van der Waals surface area (Å²) in [5.74, 6) is 0.523. The lowest BCUT2D eigenvalue weighted by Gasteiger charge is -2.11. The summed E-state index contributed by atoms with van der Waals surface area (Å²) in [5.41, 5.74) is 2.87. The highest BCUT2D eigenvalue weighted by atomic mass is 16.2. The van der Waals surface area contributed by atoms with Crippen molar-refractivity contribution in [2.45, 2.75) is 46.2 Å². The van der Waals surface area contributed by atoms with Gasteiger partial charge in [-0.3, -0.25) is 18.7 Å². The molecule has 0 saturated carbocycles. The maximum Gasteiger partial charge on any atom is 0.332 e. The second-order valence-electron chi connectivity index (χ2n) is 8.06. The number of anilines is 1. The minimum Gasteiger partial charge on any atom is -0.336 e. The van der Waals surface area contributed by atoms with Gasteiger partial charge in [0.05, 0.1) is 0 Å². The Bertz CT molecular complexity index is 1380. The van der Waals surface area contributed by atoms with Crippen molar-refractivity contribution in [3.8, 4) is 0 Å². The highest BCUT2D eigenvalue weighted by Gasteiger charge is 2.17. The van der Waals surface area contributed by atoms with Crippen LogP contribution in [0.2, 0.25) is 0 Å². The maximum absolute atomic E-state index is 13.2. The van der Waals surface area contributed by atoms with Gasteiger partial charge in [0.1, 0.15) is 11.3 Å². The van der Waals surface area contributed by atoms with Crippen LogP contribution in [0, 0.1) is 0 Å². The number of rotatable bonds is 8. The molecule has 2 aromatic carbocycles. The summed E-state index contributed by atoms with van der Waals surface area (Å²) in [6.07, 6.45) is 1.80. The molecule has 0 unspecified atom stereocenters. The molecule has 0 spiro atoms. The molecule has 8 heteroatoms. The lowest BCUT2D eigenvalue weighted by molar-refractivity contribution is -0.114. The molecule has 170 valence electrons. The van der Waals surface area contributed by atoms with Gasteiger partial charge in [-0.05, 0) is 36.1 Å². The molecule has 0 bridgehead atoms. The second kappa shape index (κ2) is 9.68. The number of imidazole rings is 1. The normalized spacial score (nSPS) is 11.1. The summed E-state index contributed by atoms with van der Waals surface area (Å²) in [5, 5.41) is 2.74. The number of benzene rings is 2. The first-order valence-corrected chi connectivity index (χ1v) is 11.1. The summed E-state index contributed by atoms with van der Waals surface area (Å²) in [6, 6.07) is 17.4. The van der Waals surface area contributed by atoms with Crippen molar-refractivity contribution in [2.24, 2.45) is 0 Å². The van der Waals surface area contributed by atoms with Crippen LogP contribution in [0.1, 0.15) is 37.2 Å². The van der Waals surface area contributed by atoms with Crippen molar-refractivity contribution >= 4 is 22.8 Å². The van der Waals surface area contributed by atoms with E-state index in [-0.39, 0.29) is 17.2 Å². The molecule has 33 heavy (non-hydrogen) atoms. The number of fused-ring (bicyclic) bond motifs is 1. The van der Waals surface area contributed by atoms with Crippen molar-refractivity contribution < 1.29 is 4.79 Å². The zero-order chi connectivity index (χ0) is 23.4. The number of carbonyl (C=O) groups excluding carboxylic acids is 1. The fourth-order valence-electron chi connectivity index (χ4n) is 3.91. The summed E-state index contributed by atoms with van der Waals surface area (Å²) in [6.45, 7) is 4.14. The first-order valence-electron chi connectivity index (χ1n) is 11.1. The summed E-state index contributed by atoms with van der Waals surface area (Å²) in [7, 11) is 0. The molecule has 0 aliphatic rings. The zero-order valence-corrected chi connectivity index (χ0v) is 18.8. The Hall–Kier alpha value is -3.94. The molecule has 2 N–H and O–H groups in total. The molecule has 0 atom stereocenters. The van der Waals surface area contributed by atoms with Gasteiger partial charge in [0.25, 0.3) is 5.56 Å². The van der Waals surface area contributed by atoms with Gasteiger partial charge >= 0.3 is 5.69 Å². The fourth-order valence-corrected chi connectivity index (χ4v) is 3.91. The molecule has 1 amide bonds. The lowest BCUT2D eigenvalue weighted by atomic mass is 10.1. The summed E-state index contributed by atoms with van der Waals surface area (Å²) < 4.78 is 2.87.